The van der Waals surface area contributed by atoms with Crippen LogP contribution in [0, 0.1) is 17.8 Å². The standard InChI is InChI=1S/C25H36N2O/c1-28-21-6-5-19-14-24-22-4-2-3-9-25(22,23(19)15-21)10-13-27(24)17-20-16-26-11-7-18(20)8-12-26/h5-6,15,18,20,22,24H,2-4,7-14,16-17H2,1H3/t20?,22-,24+,25+/m0/s1. The van der Waals surface area contributed by atoms with E-state index in [4.69, 9.17) is 4.74 Å². The van der Waals surface area contributed by atoms with Crippen LogP contribution >= 0.6 is 0 Å². The van der Waals surface area contributed by atoms with Gasteiger partial charge in [0, 0.05) is 24.5 Å². The Bertz CT molecular complexity index is 740. The molecule has 4 heterocycles. The molecule has 4 saturated heterocycles. The number of ether oxygens (including phenoxy) is 1. The molecule has 1 saturated carbocycles. The molecule has 3 heteroatoms. The second-order valence-corrected chi connectivity index (χ2v) is 10.4. The van der Waals surface area contributed by atoms with Gasteiger partial charge in [0.15, 0.2) is 0 Å². The van der Waals surface area contributed by atoms with Crippen molar-refractivity contribution < 1.29 is 4.74 Å². The number of hydrogen-bond donors (Lipinski definition) is 0. The summed E-state index contributed by atoms with van der Waals surface area (Å²) in [7, 11) is 1.82. The molecule has 1 aromatic rings. The lowest BCUT2D eigenvalue weighted by Gasteiger charge is -2.60. The topological polar surface area (TPSA) is 15.7 Å². The van der Waals surface area contributed by atoms with Crippen LogP contribution in [0.15, 0.2) is 18.2 Å². The quantitative estimate of drug-likeness (QED) is 0.785. The van der Waals surface area contributed by atoms with Gasteiger partial charge in [0.2, 0.25) is 0 Å². The Hall–Kier alpha value is -1.06. The van der Waals surface area contributed by atoms with Crippen molar-refractivity contribution in [2.75, 3.05) is 39.8 Å². The molecule has 28 heavy (non-hydrogen) atoms. The van der Waals surface area contributed by atoms with Crippen LogP contribution < -0.4 is 4.74 Å². The smallest absolute Gasteiger partial charge is 0.119 e. The SMILES string of the molecule is COc1ccc2c(c1)[C@@]13CCCC[C@H]1[C@@H](C2)N(CC1CN2CCC1CC2)CC3. The minimum absolute atomic E-state index is 0.441. The summed E-state index contributed by atoms with van der Waals surface area (Å²) < 4.78 is 5.63. The maximum atomic E-state index is 5.63. The average molecular weight is 381 g/mol. The van der Waals surface area contributed by atoms with Gasteiger partial charge in [0.25, 0.3) is 0 Å². The lowest BCUT2D eigenvalue weighted by atomic mass is 9.52. The summed E-state index contributed by atoms with van der Waals surface area (Å²) in [5.74, 6) is 3.86. The minimum atomic E-state index is 0.441. The molecular formula is C25H36N2O. The molecule has 1 unspecified atom stereocenters. The molecule has 0 spiro atoms. The molecule has 4 atom stereocenters. The van der Waals surface area contributed by atoms with Crippen molar-refractivity contribution in [2.24, 2.45) is 17.8 Å². The van der Waals surface area contributed by atoms with Gasteiger partial charge >= 0.3 is 0 Å². The Labute approximate surface area is 170 Å². The third-order valence-electron chi connectivity index (χ3n) is 9.42. The number of benzene rings is 1. The Morgan fingerprint density at radius 3 is 2.75 bits per heavy atom. The Morgan fingerprint density at radius 1 is 1.07 bits per heavy atom. The molecule has 0 amide bonds. The molecule has 1 aromatic carbocycles. The van der Waals surface area contributed by atoms with E-state index in [1.165, 1.54) is 84.1 Å². The third kappa shape index (κ3) is 2.61. The van der Waals surface area contributed by atoms with Crippen LogP contribution in [-0.4, -0.2) is 55.7 Å². The van der Waals surface area contributed by atoms with E-state index in [9.17, 15) is 0 Å². The maximum absolute atomic E-state index is 5.63. The number of methoxy groups -OCH3 is 1. The molecule has 0 aromatic heterocycles. The van der Waals surface area contributed by atoms with Crippen LogP contribution in [-0.2, 0) is 11.8 Å². The molecule has 2 aliphatic carbocycles. The van der Waals surface area contributed by atoms with Gasteiger partial charge in [-0.25, -0.2) is 0 Å². The number of likely N-dealkylation sites (tertiary alicyclic amines) is 1. The van der Waals surface area contributed by atoms with Crippen LogP contribution in [0.5, 0.6) is 5.75 Å². The minimum Gasteiger partial charge on any atom is -0.497 e. The fourth-order valence-corrected chi connectivity index (χ4v) is 8.01. The van der Waals surface area contributed by atoms with Crippen molar-refractivity contribution in [3.63, 3.8) is 0 Å². The number of piperidine rings is 4. The van der Waals surface area contributed by atoms with E-state index >= 15 is 0 Å². The highest BCUT2D eigenvalue weighted by molar-refractivity contribution is 5.45. The van der Waals surface area contributed by atoms with Crippen LogP contribution in [0.1, 0.15) is 56.1 Å². The van der Waals surface area contributed by atoms with Gasteiger partial charge in [0.1, 0.15) is 5.75 Å². The highest BCUT2D eigenvalue weighted by Crippen LogP contribution is 2.56. The molecule has 0 N–H and O–H groups in total. The first-order chi connectivity index (χ1) is 13.8. The summed E-state index contributed by atoms with van der Waals surface area (Å²) in [5, 5.41) is 0. The Morgan fingerprint density at radius 2 is 1.96 bits per heavy atom. The van der Waals surface area contributed by atoms with E-state index in [-0.39, 0.29) is 0 Å². The zero-order chi connectivity index (χ0) is 18.7. The summed E-state index contributed by atoms with van der Waals surface area (Å²) in [6.07, 6.45) is 11.3. The van der Waals surface area contributed by atoms with Gasteiger partial charge in [-0.15, -0.1) is 0 Å². The van der Waals surface area contributed by atoms with Crippen LogP contribution in [0.25, 0.3) is 0 Å². The van der Waals surface area contributed by atoms with Gasteiger partial charge in [-0.2, -0.15) is 0 Å². The third-order valence-corrected chi connectivity index (χ3v) is 9.42. The fraction of sp³-hybridized carbons (Fsp3) is 0.760. The zero-order valence-corrected chi connectivity index (χ0v) is 17.5. The van der Waals surface area contributed by atoms with Gasteiger partial charge in [-0.3, -0.25) is 4.90 Å². The van der Waals surface area contributed by atoms with Crippen LogP contribution in [0.4, 0.5) is 0 Å². The van der Waals surface area contributed by atoms with Crippen LogP contribution in [0.3, 0.4) is 0 Å². The molecule has 152 valence electrons. The first-order valence-electron chi connectivity index (χ1n) is 11.9. The molecular weight excluding hydrogens is 344 g/mol. The normalized spacial score (nSPS) is 42.0. The van der Waals surface area contributed by atoms with E-state index in [2.05, 4.69) is 28.0 Å². The molecule has 7 rings (SSSR count). The van der Waals surface area contributed by atoms with E-state index in [0.717, 1.165) is 29.5 Å². The number of nitrogens with zero attached hydrogens (tertiary/aromatic N) is 2. The predicted octanol–water partition coefficient (Wildman–Crippen LogP) is 4.10. The van der Waals surface area contributed by atoms with Gasteiger partial charge in [-0.05, 0) is 99.2 Å². The number of fused-ring (bicyclic) bond motifs is 4. The van der Waals surface area contributed by atoms with Crippen molar-refractivity contribution in [1.29, 1.82) is 0 Å². The second kappa shape index (κ2) is 6.74. The lowest BCUT2D eigenvalue weighted by Crippen LogP contribution is -2.62. The average Bonchev–Trinajstić information content (AvgIpc) is 2.76. The van der Waals surface area contributed by atoms with Gasteiger partial charge in [-0.1, -0.05) is 18.9 Å². The zero-order valence-electron chi connectivity index (χ0n) is 17.5. The monoisotopic (exact) mass is 380 g/mol. The van der Waals surface area contributed by atoms with Gasteiger partial charge in [0.05, 0.1) is 7.11 Å². The second-order valence-electron chi connectivity index (χ2n) is 10.4. The van der Waals surface area contributed by atoms with E-state index in [1.807, 2.05) is 7.11 Å². The number of rotatable bonds is 3. The summed E-state index contributed by atoms with van der Waals surface area (Å²) in [6, 6.07) is 7.79. The van der Waals surface area contributed by atoms with Crippen LogP contribution in [0.2, 0.25) is 0 Å². The largest absolute Gasteiger partial charge is 0.497 e. The summed E-state index contributed by atoms with van der Waals surface area (Å²) in [4.78, 5) is 5.70. The molecule has 4 bridgehead atoms. The van der Waals surface area contributed by atoms with E-state index in [1.54, 1.807) is 11.1 Å². The highest BCUT2D eigenvalue weighted by Gasteiger charge is 2.54. The van der Waals surface area contributed by atoms with E-state index < -0.39 is 0 Å². The maximum Gasteiger partial charge on any atom is 0.119 e. The van der Waals surface area contributed by atoms with Crippen molar-refractivity contribution >= 4 is 0 Å². The molecule has 3 nitrogen and oxygen atoms in total. The molecule has 5 fully saturated rings. The Kier molecular flexibility index (Phi) is 4.28. The van der Waals surface area contributed by atoms with Crippen molar-refractivity contribution in [3.05, 3.63) is 29.3 Å². The summed E-state index contributed by atoms with van der Waals surface area (Å²) in [6.45, 7) is 6.79. The lowest BCUT2D eigenvalue weighted by molar-refractivity contribution is -0.0413. The highest BCUT2D eigenvalue weighted by atomic mass is 16.5. The Balaban J connectivity index is 1.31. The summed E-state index contributed by atoms with van der Waals surface area (Å²) in [5.41, 5.74) is 3.73. The van der Waals surface area contributed by atoms with E-state index in [0.29, 0.717) is 5.41 Å². The molecule has 4 aliphatic heterocycles. The molecule has 6 aliphatic rings. The first kappa shape index (κ1) is 17.8. The summed E-state index contributed by atoms with van der Waals surface area (Å²) >= 11 is 0. The van der Waals surface area contributed by atoms with Crippen molar-refractivity contribution in [3.8, 4) is 5.75 Å². The van der Waals surface area contributed by atoms with Crippen molar-refractivity contribution in [1.82, 2.24) is 9.80 Å². The predicted molar refractivity (Wildman–Crippen MR) is 113 cm³/mol. The van der Waals surface area contributed by atoms with Gasteiger partial charge < -0.3 is 9.64 Å². The van der Waals surface area contributed by atoms with Crippen molar-refractivity contribution in [2.45, 2.75) is 62.8 Å². The number of hydrogen-bond acceptors (Lipinski definition) is 3. The fourth-order valence-electron chi connectivity index (χ4n) is 8.01. The molecule has 0 radical (unpaired) electrons. The first-order valence-corrected chi connectivity index (χ1v) is 11.9.